The number of hydrogen-bond donors (Lipinski definition) is 1. The van der Waals surface area contributed by atoms with Crippen molar-refractivity contribution in [2.45, 2.75) is 35.6 Å². The van der Waals surface area contributed by atoms with Gasteiger partial charge in [0.2, 0.25) is 11.8 Å². The molecule has 0 aromatic heterocycles. The Balaban J connectivity index is -0.000000102. The average Bonchev–Trinajstić information content (AvgIpc) is 3.22. The molecule has 0 spiro atoms. The van der Waals surface area contributed by atoms with Crippen LogP contribution in [0.5, 0.6) is 0 Å². The molecule has 2 amide bonds. The summed E-state index contributed by atoms with van der Waals surface area (Å²) >= 11 is 10.4. The SMILES string of the molecule is C.C.C.CC(=O)CCl.CN(C(=O)CCl)c1ccccc1.CN1C(=O)Cc2ccccc21.CNc1ccccc1.I.[HH].[Pd]. The quantitative estimate of drug-likeness (QED) is 0.163. The van der Waals surface area contributed by atoms with Crippen LogP contribution < -0.4 is 15.1 Å². The Kier molecular flexibility index (Phi) is 33.5. The van der Waals surface area contributed by atoms with Gasteiger partial charge in [0.1, 0.15) is 11.7 Å². The van der Waals surface area contributed by atoms with Crippen LogP contribution in [0.4, 0.5) is 17.1 Å². The number of nitrogens with zero attached hydrogens (tertiary/aromatic N) is 2. The third-order valence-corrected chi connectivity index (χ3v) is 5.56. The number of alkyl halides is 2. The number of para-hydroxylation sites is 3. The predicted octanol–water partition coefficient (Wildman–Crippen LogP) is 8.41. The molecular formula is C31H48Cl2IN3O3Pd. The molecule has 0 saturated heterocycles. The Morgan fingerprint density at radius 3 is 1.71 bits per heavy atom. The topological polar surface area (TPSA) is 69.7 Å². The van der Waals surface area contributed by atoms with Crippen LogP contribution in [-0.4, -0.2) is 50.5 Å². The van der Waals surface area contributed by atoms with Crippen molar-refractivity contribution < 1.29 is 36.2 Å². The second kappa shape index (κ2) is 28.2. The molecule has 1 aliphatic heterocycles. The minimum atomic E-state index is -0.0946. The summed E-state index contributed by atoms with van der Waals surface area (Å²) in [7, 11) is 5.43. The fraction of sp³-hybridized carbons (Fsp3) is 0.323. The van der Waals surface area contributed by atoms with Gasteiger partial charge in [0, 0.05) is 60.1 Å². The first-order valence-corrected chi connectivity index (χ1v) is 12.3. The number of fused-ring (bicyclic) bond motifs is 1. The number of amides is 2. The van der Waals surface area contributed by atoms with E-state index >= 15 is 0 Å². The summed E-state index contributed by atoms with van der Waals surface area (Å²) in [4.78, 5) is 35.2. The molecule has 0 unspecified atom stereocenters. The second-order valence-electron chi connectivity index (χ2n) is 7.63. The van der Waals surface area contributed by atoms with Crippen molar-refractivity contribution in [2.75, 3.05) is 48.0 Å². The van der Waals surface area contributed by atoms with Crippen LogP contribution in [0, 0.1) is 0 Å². The van der Waals surface area contributed by atoms with Gasteiger partial charge in [-0.05, 0) is 42.8 Å². The minimum absolute atomic E-state index is 0. The third-order valence-electron chi connectivity index (χ3n) is 4.95. The Morgan fingerprint density at radius 2 is 1.32 bits per heavy atom. The molecule has 236 valence electrons. The molecule has 0 radical (unpaired) electrons. The number of benzene rings is 3. The molecular weight excluding hydrogens is 767 g/mol. The third kappa shape index (κ3) is 19.0. The van der Waals surface area contributed by atoms with Crippen LogP contribution in [0.2, 0.25) is 0 Å². The van der Waals surface area contributed by atoms with Gasteiger partial charge in [-0.15, -0.1) is 47.2 Å². The minimum Gasteiger partial charge on any atom is -0.388 e. The van der Waals surface area contributed by atoms with Crippen molar-refractivity contribution in [1.82, 2.24) is 0 Å². The van der Waals surface area contributed by atoms with Crippen molar-refractivity contribution in [3.05, 3.63) is 90.5 Å². The van der Waals surface area contributed by atoms with Crippen LogP contribution in [0.1, 0.15) is 36.2 Å². The van der Waals surface area contributed by atoms with Gasteiger partial charge in [-0.2, -0.15) is 0 Å². The zero-order valence-corrected chi connectivity index (χ0v) is 27.2. The van der Waals surface area contributed by atoms with Crippen molar-refractivity contribution in [1.29, 1.82) is 0 Å². The maximum atomic E-state index is 11.2. The van der Waals surface area contributed by atoms with E-state index in [1.807, 2.05) is 99.0 Å². The van der Waals surface area contributed by atoms with E-state index in [2.05, 4.69) is 5.32 Å². The molecule has 4 rings (SSSR count). The van der Waals surface area contributed by atoms with E-state index in [-0.39, 0.29) is 97.5 Å². The molecule has 1 aliphatic rings. The smallest absolute Gasteiger partial charge is 0.241 e. The Labute approximate surface area is 290 Å². The molecule has 0 saturated carbocycles. The fourth-order valence-electron chi connectivity index (χ4n) is 2.89. The zero-order valence-electron chi connectivity index (χ0n) is 21.8. The summed E-state index contributed by atoms with van der Waals surface area (Å²) < 4.78 is 0. The maximum Gasteiger partial charge on any atom is 0.241 e. The maximum absolute atomic E-state index is 11.2. The first-order valence-electron chi connectivity index (χ1n) is 11.2. The number of anilines is 3. The van der Waals surface area contributed by atoms with E-state index in [0.29, 0.717) is 6.42 Å². The zero-order chi connectivity index (χ0) is 26.9. The van der Waals surface area contributed by atoms with Gasteiger partial charge < -0.3 is 15.1 Å². The Bertz CT molecular complexity index is 1100. The van der Waals surface area contributed by atoms with Gasteiger partial charge in [-0.3, -0.25) is 14.4 Å². The molecule has 1 heterocycles. The number of nitrogens with one attached hydrogen (secondary N) is 1. The van der Waals surface area contributed by atoms with Gasteiger partial charge in [-0.1, -0.05) is 76.9 Å². The number of Topliss-reactive ketones (excluding diaryl/α,β-unsaturated/α-hetero) is 1. The largest absolute Gasteiger partial charge is 0.388 e. The molecule has 1 N–H and O–H groups in total. The van der Waals surface area contributed by atoms with Gasteiger partial charge in [0.05, 0.1) is 12.3 Å². The van der Waals surface area contributed by atoms with Crippen molar-refractivity contribution in [2.24, 2.45) is 0 Å². The van der Waals surface area contributed by atoms with Crippen LogP contribution in [0.3, 0.4) is 0 Å². The van der Waals surface area contributed by atoms with Crippen molar-refractivity contribution in [3.8, 4) is 0 Å². The summed E-state index contributed by atoms with van der Waals surface area (Å²) in [5.41, 5.74) is 4.22. The van der Waals surface area contributed by atoms with E-state index < -0.39 is 0 Å². The van der Waals surface area contributed by atoms with Crippen molar-refractivity contribution >= 4 is 81.8 Å². The summed E-state index contributed by atoms with van der Waals surface area (Å²) in [6.07, 6.45) is 0.562. The summed E-state index contributed by atoms with van der Waals surface area (Å²) in [5, 5.41) is 3.03. The average molecular weight is 815 g/mol. The van der Waals surface area contributed by atoms with E-state index in [0.717, 1.165) is 22.6 Å². The molecule has 3 aromatic carbocycles. The van der Waals surface area contributed by atoms with Crippen LogP contribution in [0.15, 0.2) is 84.9 Å². The van der Waals surface area contributed by atoms with E-state index in [9.17, 15) is 14.4 Å². The van der Waals surface area contributed by atoms with E-state index in [1.165, 1.54) is 11.8 Å². The van der Waals surface area contributed by atoms with Crippen molar-refractivity contribution in [3.63, 3.8) is 0 Å². The summed E-state index contributed by atoms with van der Waals surface area (Å²) in [6.45, 7) is 1.45. The number of halogens is 3. The number of carbonyl (C=O) groups excluding carboxylic acids is 3. The van der Waals surface area contributed by atoms with Gasteiger partial charge in [-0.25, -0.2) is 0 Å². The molecule has 0 atom stereocenters. The molecule has 0 aliphatic carbocycles. The Morgan fingerprint density at radius 1 is 0.878 bits per heavy atom. The molecule has 0 bridgehead atoms. The first-order chi connectivity index (χ1) is 17.2. The number of hydrogen-bond acceptors (Lipinski definition) is 4. The number of ketones is 1. The summed E-state index contributed by atoms with van der Waals surface area (Å²) in [5.74, 6) is 0.270. The van der Waals surface area contributed by atoms with Crippen LogP contribution in [0.25, 0.3) is 0 Å². The molecule has 10 heteroatoms. The first kappa shape index (κ1) is 48.8. The number of likely N-dealkylation sites (N-methyl/N-ethyl adjacent to an activating group) is 1. The molecule has 0 fully saturated rings. The predicted molar refractivity (Wildman–Crippen MR) is 189 cm³/mol. The monoisotopic (exact) mass is 813 g/mol. The van der Waals surface area contributed by atoms with Crippen LogP contribution >= 0.6 is 47.2 Å². The van der Waals surface area contributed by atoms with Gasteiger partial charge in [0.15, 0.2) is 0 Å². The number of rotatable bonds is 4. The standard InChI is InChI=1S/C9H10ClNO.C9H9NO.C7H9N.C3H5ClO.3CH4.HI.Pd.H2/c1-11(9(12)7-10)8-5-3-2-4-6-8;1-10-8-5-3-2-4-7(8)6-9(10)11;1-8-7-5-3-2-4-6-7;1-3(5)2-4;;;;;;/h2-6H,7H2,1H3;2-5H,6H2,1H3;2-6,8H,1H3;2H2,1H3;3*1H4;1H;;1H. The van der Waals surface area contributed by atoms with E-state index in [1.54, 1.807) is 11.9 Å². The van der Waals surface area contributed by atoms with Crippen LogP contribution in [-0.2, 0) is 41.2 Å². The fourth-order valence-corrected chi connectivity index (χ4v) is 3.07. The number of carbonyl (C=O) groups is 3. The van der Waals surface area contributed by atoms with Gasteiger partial charge in [0.25, 0.3) is 0 Å². The Hall–Kier alpha value is -1.96. The second-order valence-corrected chi connectivity index (χ2v) is 8.17. The normalized spacial score (nSPS) is 9.51. The van der Waals surface area contributed by atoms with E-state index in [4.69, 9.17) is 23.2 Å². The molecule has 6 nitrogen and oxygen atoms in total. The van der Waals surface area contributed by atoms with Gasteiger partial charge >= 0.3 is 0 Å². The molecule has 41 heavy (non-hydrogen) atoms. The summed E-state index contributed by atoms with van der Waals surface area (Å²) in [6, 6.07) is 27.4. The molecule has 3 aromatic rings.